The first-order valence-electron chi connectivity index (χ1n) is 13.0. The number of sulfonamides is 1. The lowest BCUT2D eigenvalue weighted by atomic mass is 9.86. The highest BCUT2D eigenvalue weighted by Crippen LogP contribution is 2.37. The van der Waals surface area contributed by atoms with Crippen LogP contribution in [-0.4, -0.2) is 46.8 Å². The van der Waals surface area contributed by atoms with Crippen LogP contribution in [0.3, 0.4) is 0 Å². The third kappa shape index (κ3) is 6.99. The zero-order chi connectivity index (χ0) is 31.1. The number of rotatable bonds is 6. The number of hydrogen-bond donors (Lipinski definition) is 1. The number of hydrogen-bond acceptors (Lipinski definition) is 5. The summed E-state index contributed by atoms with van der Waals surface area (Å²) in [7, 11) is -9.20. The van der Waals surface area contributed by atoms with Crippen molar-refractivity contribution < 1.29 is 34.8 Å². The predicted octanol–water partition coefficient (Wildman–Crippen LogP) is 6.07. The highest BCUT2D eigenvalue weighted by molar-refractivity contribution is 7.91. The minimum Gasteiger partial charge on any atom is -0.339 e. The summed E-state index contributed by atoms with van der Waals surface area (Å²) in [6, 6.07) is 13.3. The van der Waals surface area contributed by atoms with Crippen LogP contribution in [0, 0.1) is 0 Å². The van der Waals surface area contributed by atoms with E-state index < -0.39 is 47.4 Å². The van der Waals surface area contributed by atoms with E-state index in [-0.39, 0.29) is 47.2 Å². The summed E-state index contributed by atoms with van der Waals surface area (Å²) in [6.07, 6.45) is -4.75. The largest absolute Gasteiger partial charge is 0.417 e. The monoisotopic (exact) mass is 642 g/mol. The van der Waals surface area contributed by atoms with E-state index in [1.54, 1.807) is 17.0 Å². The second-order valence-corrected chi connectivity index (χ2v) is 15.2. The van der Waals surface area contributed by atoms with E-state index in [2.05, 4.69) is 25.5 Å². The van der Waals surface area contributed by atoms with Crippen molar-refractivity contribution in [1.29, 1.82) is 0 Å². The molecule has 0 spiro atoms. The Labute approximate surface area is 248 Å². The zero-order valence-corrected chi connectivity index (χ0v) is 25.5. The Morgan fingerprint density at radius 1 is 0.881 bits per heavy atom. The molecule has 1 N–H and O–H groups in total. The second kappa shape index (κ2) is 11.6. The molecule has 0 unspecified atom stereocenters. The summed E-state index contributed by atoms with van der Waals surface area (Å²) in [5.41, 5.74) is -0.0297. The molecule has 7 nitrogen and oxygen atoms in total. The Hall–Kier alpha value is -2.93. The lowest BCUT2D eigenvalue weighted by Crippen LogP contribution is -2.46. The minimum absolute atomic E-state index is 0.0813. The predicted molar refractivity (Wildman–Crippen MR) is 153 cm³/mol. The number of benzene rings is 3. The van der Waals surface area contributed by atoms with Gasteiger partial charge >= 0.3 is 6.18 Å². The van der Waals surface area contributed by atoms with Crippen LogP contribution in [0.4, 0.5) is 13.2 Å². The maximum atomic E-state index is 13.8. The molecule has 1 aliphatic heterocycles. The molecule has 1 fully saturated rings. The van der Waals surface area contributed by atoms with Crippen molar-refractivity contribution in [1.82, 2.24) is 9.62 Å². The Morgan fingerprint density at radius 2 is 1.48 bits per heavy atom. The van der Waals surface area contributed by atoms with E-state index in [9.17, 15) is 34.8 Å². The standard InChI is InChI=1S/C29H30ClF3N2O5S2/c1-28(2,3)20-9-7-19(8-10-20)27(36)35-15-13-22(14-16-35)34-42(39,40)26-18-24(11-12-25(26)29(31,32)33)41(37,38)23-6-4-5-21(30)17-23/h4-12,17-18,22,34H,13-16H2,1-3H3. The highest BCUT2D eigenvalue weighted by Gasteiger charge is 2.39. The number of nitrogens with one attached hydrogen (secondary N) is 1. The molecule has 3 aromatic rings. The summed E-state index contributed by atoms with van der Waals surface area (Å²) in [4.78, 5) is 12.4. The first-order chi connectivity index (χ1) is 19.4. The third-order valence-electron chi connectivity index (χ3n) is 7.07. The van der Waals surface area contributed by atoms with Crippen LogP contribution in [0.1, 0.15) is 55.1 Å². The molecule has 4 rings (SSSR count). The van der Waals surface area contributed by atoms with Gasteiger partial charge in [-0.1, -0.05) is 50.6 Å². The third-order valence-corrected chi connectivity index (χ3v) is 10.6. The second-order valence-electron chi connectivity index (χ2n) is 11.1. The summed E-state index contributed by atoms with van der Waals surface area (Å²) in [5.74, 6) is -0.227. The number of likely N-dealkylation sites (tertiary alicyclic amines) is 1. The Kier molecular flexibility index (Phi) is 8.86. The van der Waals surface area contributed by atoms with Gasteiger partial charge in [-0.15, -0.1) is 0 Å². The van der Waals surface area contributed by atoms with Crippen LogP contribution >= 0.6 is 11.6 Å². The number of sulfone groups is 1. The van der Waals surface area contributed by atoms with Gasteiger partial charge in [-0.2, -0.15) is 13.2 Å². The maximum absolute atomic E-state index is 13.8. The van der Waals surface area contributed by atoms with Gasteiger partial charge in [0.15, 0.2) is 0 Å². The molecule has 0 bridgehead atoms. The van der Waals surface area contributed by atoms with Gasteiger partial charge in [0.05, 0.1) is 20.2 Å². The lowest BCUT2D eigenvalue weighted by Gasteiger charge is -2.32. The van der Waals surface area contributed by atoms with Crippen molar-refractivity contribution >= 4 is 37.4 Å². The van der Waals surface area contributed by atoms with Gasteiger partial charge in [-0.05, 0) is 72.4 Å². The number of nitrogens with zero attached hydrogens (tertiary/aromatic N) is 1. The van der Waals surface area contributed by atoms with Crippen molar-refractivity contribution in [2.75, 3.05) is 13.1 Å². The van der Waals surface area contributed by atoms with Gasteiger partial charge < -0.3 is 4.90 Å². The summed E-state index contributed by atoms with van der Waals surface area (Å²) >= 11 is 5.88. The first-order valence-corrected chi connectivity index (χ1v) is 16.4. The summed E-state index contributed by atoms with van der Waals surface area (Å²) in [6.45, 7) is 6.54. The van der Waals surface area contributed by atoms with Gasteiger partial charge in [0, 0.05) is 29.7 Å². The molecule has 3 aromatic carbocycles. The molecular weight excluding hydrogens is 613 g/mol. The van der Waals surface area contributed by atoms with Crippen molar-refractivity contribution in [2.45, 2.75) is 65.9 Å². The molecule has 1 saturated heterocycles. The van der Waals surface area contributed by atoms with Crippen LogP contribution in [0.15, 0.2) is 81.4 Å². The van der Waals surface area contributed by atoms with Gasteiger partial charge in [0.25, 0.3) is 5.91 Å². The van der Waals surface area contributed by atoms with Gasteiger partial charge in [-0.3, -0.25) is 4.79 Å². The van der Waals surface area contributed by atoms with E-state index in [4.69, 9.17) is 11.6 Å². The number of amides is 1. The average Bonchev–Trinajstić information content (AvgIpc) is 2.91. The van der Waals surface area contributed by atoms with E-state index >= 15 is 0 Å². The fourth-order valence-electron chi connectivity index (χ4n) is 4.68. The highest BCUT2D eigenvalue weighted by atomic mass is 35.5. The van der Waals surface area contributed by atoms with E-state index in [0.29, 0.717) is 17.7 Å². The topological polar surface area (TPSA) is 101 Å². The van der Waals surface area contributed by atoms with Crippen LogP contribution in [0.2, 0.25) is 5.02 Å². The fraction of sp³-hybridized carbons (Fsp3) is 0.345. The molecule has 0 atom stereocenters. The van der Waals surface area contributed by atoms with Crippen molar-refractivity contribution in [2.24, 2.45) is 0 Å². The average molecular weight is 643 g/mol. The number of piperidine rings is 1. The van der Waals surface area contributed by atoms with E-state index in [1.165, 1.54) is 18.2 Å². The number of alkyl halides is 3. The van der Waals surface area contributed by atoms with Crippen molar-refractivity contribution in [3.8, 4) is 0 Å². The smallest absolute Gasteiger partial charge is 0.339 e. The molecule has 1 aliphatic rings. The number of carbonyl (C=O) groups is 1. The van der Waals surface area contributed by atoms with Gasteiger partial charge in [0.2, 0.25) is 19.9 Å². The molecule has 0 radical (unpaired) electrons. The van der Waals surface area contributed by atoms with Crippen LogP contribution in [0.25, 0.3) is 0 Å². The summed E-state index contributed by atoms with van der Waals surface area (Å²) < 4.78 is 96.6. The van der Waals surface area contributed by atoms with Crippen LogP contribution in [0.5, 0.6) is 0 Å². The lowest BCUT2D eigenvalue weighted by molar-refractivity contribution is -0.139. The molecule has 1 amide bonds. The summed E-state index contributed by atoms with van der Waals surface area (Å²) in [5, 5.41) is 0.0873. The van der Waals surface area contributed by atoms with E-state index in [1.807, 2.05) is 12.1 Å². The zero-order valence-electron chi connectivity index (χ0n) is 23.1. The quantitative estimate of drug-likeness (QED) is 0.352. The molecule has 13 heteroatoms. The SMILES string of the molecule is CC(C)(C)c1ccc(C(=O)N2CCC(NS(=O)(=O)c3cc(S(=O)(=O)c4cccc(Cl)c4)ccc3C(F)(F)F)CC2)cc1. The van der Waals surface area contributed by atoms with Gasteiger partial charge in [-0.25, -0.2) is 21.6 Å². The van der Waals surface area contributed by atoms with Crippen LogP contribution in [-0.2, 0) is 31.5 Å². The molecule has 0 aliphatic carbocycles. The maximum Gasteiger partial charge on any atom is 0.417 e. The van der Waals surface area contributed by atoms with E-state index in [0.717, 1.165) is 17.7 Å². The normalized spacial score (nSPS) is 15.5. The Morgan fingerprint density at radius 3 is 2.02 bits per heavy atom. The molecule has 226 valence electrons. The first kappa shape index (κ1) is 32.0. The van der Waals surface area contributed by atoms with Crippen LogP contribution < -0.4 is 4.72 Å². The van der Waals surface area contributed by atoms with Gasteiger partial charge in [0.1, 0.15) is 0 Å². The van der Waals surface area contributed by atoms with Crippen molar-refractivity contribution in [3.05, 3.63) is 88.4 Å². The molecule has 0 aromatic heterocycles. The molecule has 1 heterocycles. The molecule has 0 saturated carbocycles. The molecule has 42 heavy (non-hydrogen) atoms. The Balaban J connectivity index is 1.54. The van der Waals surface area contributed by atoms with Crippen molar-refractivity contribution in [3.63, 3.8) is 0 Å². The minimum atomic E-state index is -5.07. The number of carbonyl (C=O) groups excluding carboxylic acids is 1. The number of halogens is 4. The fourth-order valence-corrected chi connectivity index (χ4v) is 7.89. The molecular formula is C29H30ClF3N2O5S2. The Bertz CT molecular complexity index is 1690.